The Morgan fingerprint density at radius 3 is 2.26 bits per heavy atom. The van der Waals surface area contributed by atoms with E-state index in [0.29, 0.717) is 12.8 Å². The molecular formula is C40H60O14. The van der Waals surface area contributed by atoms with Gasteiger partial charge < -0.3 is 54.0 Å². The van der Waals surface area contributed by atoms with E-state index in [9.17, 15) is 34.8 Å². The van der Waals surface area contributed by atoms with Gasteiger partial charge in [0.15, 0.2) is 18.5 Å². The molecule has 0 radical (unpaired) electrons. The normalized spacial score (nSPS) is 53.9. The number of carboxylic acids is 1. The number of aliphatic hydroxyl groups excluding tert-OH is 3. The Morgan fingerprint density at radius 2 is 1.61 bits per heavy atom. The number of esters is 2. The van der Waals surface area contributed by atoms with Crippen LogP contribution in [0.3, 0.4) is 0 Å². The average Bonchev–Trinajstić information content (AvgIpc) is 3.59. The molecule has 3 saturated heterocycles. The third-order valence-electron chi connectivity index (χ3n) is 16.7. The van der Waals surface area contributed by atoms with Gasteiger partial charge in [0, 0.05) is 24.7 Å². The van der Waals surface area contributed by atoms with Crippen LogP contribution in [-0.4, -0.2) is 110 Å². The van der Waals surface area contributed by atoms with E-state index in [0.717, 1.165) is 38.5 Å². The van der Waals surface area contributed by atoms with E-state index in [2.05, 4.69) is 34.6 Å². The molecule has 0 aromatic rings. The summed E-state index contributed by atoms with van der Waals surface area (Å²) in [5.74, 6) is -5.77. The summed E-state index contributed by atoms with van der Waals surface area (Å²) < 4.78 is 37.4. The van der Waals surface area contributed by atoms with Crippen molar-refractivity contribution in [1.29, 1.82) is 0 Å². The number of rotatable bonds is 7. The number of hydrogen-bond acceptors (Lipinski definition) is 13. The molecule has 2 bridgehead atoms. The quantitative estimate of drug-likeness (QED) is 0.144. The standard InChI is InChI=1S/C40H60O14/c1-19-16-39(52-20(2)41)32(34(5,6)48)53-40(54-39)29(19)35(7)13-14-38-18-37(38)12-11-24(33(3,4)22(37)9-10-23(38)36(35,8)31(40)47)50-30-28(27(46)21(42)17-49-30)51-26(45)15-25(43)44/h19,21-24,27-32,42,46-48H,9-18H2,1-8H3,(H,43,44)/t19-,21-,22+,23+,24+,27+,28-,29?,30+,31?,32?,35-,36-,37-,38+,39?,40?/m1/s1. The average molecular weight is 765 g/mol. The molecule has 8 rings (SSSR count). The number of carbonyl (C=O) groups excluding carboxylic acids is 2. The highest BCUT2D eigenvalue weighted by Crippen LogP contribution is 2.90. The van der Waals surface area contributed by atoms with Gasteiger partial charge in [-0.05, 0) is 98.2 Å². The largest absolute Gasteiger partial charge is 0.481 e. The second kappa shape index (κ2) is 11.8. The number of aliphatic carboxylic acids is 1. The summed E-state index contributed by atoms with van der Waals surface area (Å²) in [7, 11) is 0. The van der Waals surface area contributed by atoms with Crippen molar-refractivity contribution in [3.05, 3.63) is 0 Å². The van der Waals surface area contributed by atoms with Crippen molar-refractivity contribution in [1.82, 2.24) is 0 Å². The molecule has 5 saturated carbocycles. The fourth-order valence-electron chi connectivity index (χ4n) is 14.9. The lowest BCUT2D eigenvalue weighted by molar-refractivity contribution is -0.332. The maximum atomic E-state index is 12.9. The Labute approximate surface area is 316 Å². The second-order valence-electron chi connectivity index (χ2n) is 20.1. The lowest BCUT2D eigenvalue weighted by atomic mass is 9.41. The molecule has 14 nitrogen and oxygen atoms in total. The Morgan fingerprint density at radius 1 is 0.944 bits per heavy atom. The first-order chi connectivity index (χ1) is 25.0. The van der Waals surface area contributed by atoms with Crippen LogP contribution >= 0.6 is 0 Å². The predicted octanol–water partition coefficient (Wildman–Crippen LogP) is 3.04. The van der Waals surface area contributed by atoms with Crippen molar-refractivity contribution in [2.24, 2.45) is 50.7 Å². The van der Waals surface area contributed by atoms with Crippen LogP contribution in [0.1, 0.15) is 113 Å². The second-order valence-corrected chi connectivity index (χ2v) is 20.1. The molecule has 304 valence electrons. The number of ether oxygens (including phenoxy) is 6. The zero-order valence-electron chi connectivity index (χ0n) is 32.8. The number of fused-ring (bicyclic) bond motifs is 4. The van der Waals surface area contributed by atoms with Crippen LogP contribution in [-0.2, 0) is 42.8 Å². The van der Waals surface area contributed by atoms with E-state index in [1.54, 1.807) is 13.8 Å². The fraction of sp³-hybridized carbons (Fsp3) is 0.925. The van der Waals surface area contributed by atoms with Gasteiger partial charge >= 0.3 is 17.9 Å². The molecule has 5 N–H and O–H groups in total. The van der Waals surface area contributed by atoms with Crippen molar-refractivity contribution in [3.8, 4) is 0 Å². The van der Waals surface area contributed by atoms with Crippen LogP contribution < -0.4 is 0 Å². The van der Waals surface area contributed by atoms with Gasteiger partial charge in [0.05, 0.1) is 18.3 Å². The molecule has 0 aromatic heterocycles. The van der Waals surface area contributed by atoms with Gasteiger partial charge in [-0.25, -0.2) is 0 Å². The minimum atomic E-state index is -1.52. The van der Waals surface area contributed by atoms with Gasteiger partial charge in [-0.15, -0.1) is 0 Å². The summed E-state index contributed by atoms with van der Waals surface area (Å²) in [6.07, 6.45) is -2.13. The van der Waals surface area contributed by atoms with Gasteiger partial charge in [0.2, 0.25) is 11.6 Å². The van der Waals surface area contributed by atoms with Gasteiger partial charge in [0.1, 0.15) is 24.7 Å². The third kappa shape index (κ3) is 4.83. The molecule has 14 heteroatoms. The highest BCUT2D eigenvalue weighted by atomic mass is 16.9. The number of hydrogen-bond donors (Lipinski definition) is 5. The van der Waals surface area contributed by atoms with Gasteiger partial charge in [-0.1, -0.05) is 34.6 Å². The smallest absolute Gasteiger partial charge is 0.317 e. The molecule has 5 unspecified atom stereocenters. The van der Waals surface area contributed by atoms with Crippen LogP contribution in [0.4, 0.5) is 0 Å². The predicted molar refractivity (Wildman–Crippen MR) is 186 cm³/mol. The first-order valence-electron chi connectivity index (χ1n) is 20.0. The molecule has 3 heterocycles. The van der Waals surface area contributed by atoms with Gasteiger partial charge in [0.25, 0.3) is 0 Å². The molecule has 17 atom stereocenters. The first kappa shape index (κ1) is 38.9. The van der Waals surface area contributed by atoms with E-state index in [1.165, 1.54) is 6.92 Å². The van der Waals surface area contributed by atoms with Crippen molar-refractivity contribution in [2.45, 2.75) is 173 Å². The van der Waals surface area contributed by atoms with Crippen molar-refractivity contribution in [3.63, 3.8) is 0 Å². The minimum Gasteiger partial charge on any atom is -0.481 e. The number of carboxylic acid groups (broad SMARTS) is 1. The molecule has 0 amide bonds. The summed E-state index contributed by atoms with van der Waals surface area (Å²) in [6, 6.07) is 0. The summed E-state index contributed by atoms with van der Waals surface area (Å²) in [4.78, 5) is 36.0. The molecule has 8 fully saturated rings. The fourth-order valence-corrected chi connectivity index (χ4v) is 14.9. The monoisotopic (exact) mass is 764 g/mol. The van der Waals surface area contributed by atoms with E-state index in [-0.39, 0.29) is 58.0 Å². The lowest BCUT2D eigenvalue weighted by Crippen LogP contribution is -2.61. The summed E-state index contributed by atoms with van der Waals surface area (Å²) in [5.41, 5.74) is -2.80. The van der Waals surface area contributed by atoms with E-state index in [1.807, 2.05) is 0 Å². The third-order valence-corrected chi connectivity index (χ3v) is 16.7. The molecule has 8 aliphatic rings. The van der Waals surface area contributed by atoms with Crippen LogP contribution in [0, 0.1) is 50.7 Å². The molecule has 3 spiro atoms. The van der Waals surface area contributed by atoms with E-state index in [4.69, 9.17) is 33.5 Å². The van der Waals surface area contributed by atoms with Crippen molar-refractivity contribution < 1.29 is 68.3 Å². The molecule has 54 heavy (non-hydrogen) atoms. The highest BCUT2D eigenvalue weighted by molar-refractivity contribution is 5.90. The topological polar surface area (TPSA) is 208 Å². The summed E-state index contributed by atoms with van der Waals surface area (Å²) in [6.45, 7) is 15.4. The van der Waals surface area contributed by atoms with E-state index >= 15 is 0 Å². The van der Waals surface area contributed by atoms with Crippen LogP contribution in [0.15, 0.2) is 0 Å². The molecule has 0 aromatic carbocycles. The molecular weight excluding hydrogens is 704 g/mol. The maximum Gasteiger partial charge on any atom is 0.317 e. The van der Waals surface area contributed by atoms with Crippen LogP contribution in [0.5, 0.6) is 0 Å². The number of carbonyl (C=O) groups is 3. The van der Waals surface area contributed by atoms with Crippen LogP contribution in [0.25, 0.3) is 0 Å². The van der Waals surface area contributed by atoms with Crippen molar-refractivity contribution in [2.75, 3.05) is 6.61 Å². The SMILES string of the molecule is CC(=O)OC12C[C@@H](C)C3C(OC1C(C)(C)O)(O2)C(O)[C@@]1(C)[C@@H]2CC[C@H]4C(C)(C)[C@@H](O[C@@H]5OC[C@@H](O)[C@H](O)[C@H]5OC(=O)CC(=O)O)CC[C@@]45C[C@@]25CC[C@]31C. The van der Waals surface area contributed by atoms with Gasteiger partial charge in [-0.3, -0.25) is 14.4 Å². The minimum absolute atomic E-state index is 0.00534. The Bertz CT molecular complexity index is 1590. The van der Waals surface area contributed by atoms with E-state index < -0.39 is 83.7 Å². The highest BCUT2D eigenvalue weighted by Gasteiger charge is 2.89. The Balaban J connectivity index is 1.08. The molecule has 5 aliphatic carbocycles. The number of aliphatic hydroxyl groups is 4. The zero-order chi connectivity index (χ0) is 39.4. The Hall–Kier alpha value is -1.91. The van der Waals surface area contributed by atoms with Gasteiger partial charge in [-0.2, -0.15) is 0 Å². The first-order valence-corrected chi connectivity index (χ1v) is 20.0. The van der Waals surface area contributed by atoms with Crippen molar-refractivity contribution >= 4 is 17.9 Å². The zero-order valence-corrected chi connectivity index (χ0v) is 32.8. The Kier molecular flexibility index (Phi) is 8.53. The maximum absolute atomic E-state index is 12.9. The lowest BCUT2D eigenvalue weighted by Gasteiger charge is -2.63. The summed E-state index contributed by atoms with van der Waals surface area (Å²) in [5, 5.41) is 54.5. The molecule has 3 aliphatic heterocycles. The van der Waals surface area contributed by atoms with Crippen LogP contribution in [0.2, 0.25) is 0 Å². The summed E-state index contributed by atoms with van der Waals surface area (Å²) >= 11 is 0.